The van der Waals surface area contributed by atoms with E-state index in [0.717, 1.165) is 57.8 Å². The van der Waals surface area contributed by atoms with Gasteiger partial charge in [0.25, 0.3) is 0 Å². The summed E-state index contributed by atoms with van der Waals surface area (Å²) in [4.78, 5) is 6.43. The lowest BCUT2D eigenvalue weighted by Gasteiger charge is -2.32. The Bertz CT molecular complexity index is 954. The maximum Gasteiger partial charge on any atom is 0.573 e. The monoisotopic (exact) mass is 451 g/mol. The summed E-state index contributed by atoms with van der Waals surface area (Å²) in [5, 5.41) is 4.78. The molecule has 1 saturated heterocycles. The third-order valence-electron chi connectivity index (χ3n) is 6.73. The van der Waals surface area contributed by atoms with Gasteiger partial charge in [0.1, 0.15) is 0 Å². The van der Waals surface area contributed by atoms with Crippen LogP contribution < -0.4 is 10.5 Å². The van der Waals surface area contributed by atoms with E-state index in [1.807, 2.05) is 6.07 Å². The predicted molar refractivity (Wildman–Crippen MR) is 112 cm³/mol. The molecule has 2 aromatic heterocycles. The third-order valence-corrected chi connectivity index (χ3v) is 6.73. The van der Waals surface area contributed by atoms with Crippen molar-refractivity contribution in [3.63, 3.8) is 0 Å². The van der Waals surface area contributed by atoms with Gasteiger partial charge in [-0.05, 0) is 50.2 Å². The summed E-state index contributed by atoms with van der Waals surface area (Å²) in [7, 11) is 0. The Kier molecular flexibility index (Phi) is 5.75. The van der Waals surface area contributed by atoms with E-state index in [1.54, 1.807) is 0 Å². The molecule has 10 heteroatoms. The van der Waals surface area contributed by atoms with Crippen molar-refractivity contribution in [2.45, 2.75) is 57.0 Å². The highest BCUT2D eigenvalue weighted by Crippen LogP contribution is 2.40. The highest BCUT2D eigenvalue weighted by atomic mass is 19.4. The average Bonchev–Trinajstić information content (AvgIpc) is 3.27. The van der Waals surface area contributed by atoms with E-state index in [9.17, 15) is 13.2 Å². The molecular weight excluding hydrogens is 423 g/mol. The van der Waals surface area contributed by atoms with E-state index >= 15 is 0 Å². The topological polar surface area (TPSA) is 78.4 Å². The second-order valence-electron chi connectivity index (χ2n) is 9.05. The number of nitrogens with two attached hydrogens (primary N) is 1. The highest BCUT2D eigenvalue weighted by molar-refractivity contribution is 5.64. The van der Waals surface area contributed by atoms with Crippen LogP contribution in [-0.2, 0) is 11.3 Å². The first-order valence-corrected chi connectivity index (χ1v) is 11.3. The number of hydrogen-bond acceptors (Lipinski definition) is 6. The lowest BCUT2D eigenvalue weighted by atomic mass is 10.0. The van der Waals surface area contributed by atoms with Crippen molar-refractivity contribution in [1.82, 2.24) is 19.7 Å². The molecule has 2 atom stereocenters. The molecule has 1 aliphatic heterocycles. The smallest absolute Gasteiger partial charge is 0.402 e. The van der Waals surface area contributed by atoms with Crippen LogP contribution in [0.15, 0.2) is 18.3 Å². The summed E-state index contributed by atoms with van der Waals surface area (Å²) in [6, 6.07) is 3.83. The lowest BCUT2D eigenvalue weighted by Crippen LogP contribution is -2.42. The summed E-state index contributed by atoms with van der Waals surface area (Å²) >= 11 is 0. The number of morpholine rings is 1. The van der Waals surface area contributed by atoms with Gasteiger partial charge < -0.3 is 15.2 Å². The van der Waals surface area contributed by atoms with E-state index < -0.39 is 12.1 Å². The molecular formula is C22H28F3N5O2. The Balaban J connectivity index is 1.40. The number of halogens is 3. The van der Waals surface area contributed by atoms with Crippen LogP contribution in [0.5, 0.6) is 5.75 Å². The Morgan fingerprint density at radius 1 is 1.12 bits per heavy atom. The summed E-state index contributed by atoms with van der Waals surface area (Å²) < 4.78 is 49.8. The molecule has 2 aliphatic carbocycles. The minimum Gasteiger partial charge on any atom is -0.402 e. The standard InChI is InChI=1S/C22H28F3N5O2/c23-22(24,25)32-20-10-16(12-27-21(20)26)18-11-19(30(28-18)13-14-1-2-14)15-3-4-17(9-15)29-5-7-31-8-6-29/h10-12,14-15,17H,1-9,13H2,(H2,26,27). The SMILES string of the molecule is Nc1ncc(-c2cc(C3CCC(N4CCOCC4)C3)n(CC3CC3)n2)cc1OC(F)(F)F. The molecule has 2 saturated carbocycles. The summed E-state index contributed by atoms with van der Waals surface area (Å²) in [5.41, 5.74) is 7.83. The van der Waals surface area contributed by atoms with Gasteiger partial charge in [-0.25, -0.2) is 4.98 Å². The second-order valence-corrected chi connectivity index (χ2v) is 9.05. The first-order chi connectivity index (χ1) is 15.4. The molecule has 0 radical (unpaired) electrons. The predicted octanol–water partition coefficient (Wildman–Crippen LogP) is 3.80. The van der Waals surface area contributed by atoms with Crippen molar-refractivity contribution in [2.75, 3.05) is 32.0 Å². The van der Waals surface area contributed by atoms with Crippen molar-refractivity contribution < 1.29 is 22.6 Å². The molecule has 0 spiro atoms. The van der Waals surface area contributed by atoms with Gasteiger partial charge in [0.2, 0.25) is 0 Å². The molecule has 5 rings (SSSR count). The summed E-state index contributed by atoms with van der Waals surface area (Å²) in [6.07, 6.45) is 2.31. The second kappa shape index (κ2) is 8.55. The van der Waals surface area contributed by atoms with Crippen LogP contribution in [0.3, 0.4) is 0 Å². The number of alkyl halides is 3. The minimum atomic E-state index is -4.83. The molecule has 3 fully saturated rings. The zero-order valence-electron chi connectivity index (χ0n) is 17.9. The van der Waals surface area contributed by atoms with E-state index in [-0.39, 0.29) is 5.82 Å². The van der Waals surface area contributed by atoms with E-state index in [1.165, 1.54) is 25.1 Å². The Morgan fingerprint density at radius 2 is 1.91 bits per heavy atom. The fourth-order valence-electron chi connectivity index (χ4n) is 4.89. The van der Waals surface area contributed by atoms with Crippen LogP contribution in [0.2, 0.25) is 0 Å². The van der Waals surface area contributed by atoms with Gasteiger partial charge in [0.15, 0.2) is 11.6 Å². The van der Waals surface area contributed by atoms with E-state index in [0.29, 0.717) is 29.1 Å². The number of ether oxygens (including phenoxy) is 2. The van der Waals surface area contributed by atoms with Crippen LogP contribution in [0.4, 0.5) is 19.0 Å². The number of aromatic nitrogens is 3. The van der Waals surface area contributed by atoms with Gasteiger partial charge in [-0.3, -0.25) is 9.58 Å². The van der Waals surface area contributed by atoms with Crippen molar-refractivity contribution in [2.24, 2.45) is 5.92 Å². The maximum atomic E-state index is 12.7. The van der Waals surface area contributed by atoms with Crippen LogP contribution >= 0.6 is 0 Å². The van der Waals surface area contributed by atoms with Gasteiger partial charge in [-0.15, -0.1) is 13.2 Å². The molecule has 0 aromatic carbocycles. The first-order valence-electron chi connectivity index (χ1n) is 11.3. The maximum absolute atomic E-state index is 12.7. The van der Waals surface area contributed by atoms with Crippen molar-refractivity contribution in [3.8, 4) is 17.0 Å². The van der Waals surface area contributed by atoms with Gasteiger partial charge in [0, 0.05) is 49.0 Å². The van der Waals surface area contributed by atoms with Gasteiger partial charge in [-0.2, -0.15) is 5.10 Å². The molecule has 2 unspecified atom stereocenters. The number of anilines is 1. The van der Waals surface area contributed by atoms with Crippen molar-refractivity contribution in [3.05, 3.63) is 24.0 Å². The number of pyridine rings is 1. The third kappa shape index (κ3) is 4.85. The van der Waals surface area contributed by atoms with E-state index in [4.69, 9.17) is 15.6 Å². The zero-order valence-corrected chi connectivity index (χ0v) is 17.9. The van der Waals surface area contributed by atoms with Crippen LogP contribution in [0.1, 0.15) is 43.7 Å². The quantitative estimate of drug-likeness (QED) is 0.720. The van der Waals surface area contributed by atoms with E-state index in [2.05, 4.69) is 19.3 Å². The molecule has 174 valence electrons. The summed E-state index contributed by atoms with van der Waals surface area (Å²) in [6.45, 7) is 4.38. The largest absolute Gasteiger partial charge is 0.573 e. The first kappa shape index (κ1) is 21.5. The molecule has 3 heterocycles. The van der Waals surface area contributed by atoms with Crippen LogP contribution in [0, 0.1) is 5.92 Å². The number of rotatable bonds is 6. The summed E-state index contributed by atoms with van der Waals surface area (Å²) in [5.74, 6) is 0.219. The van der Waals surface area contributed by atoms with Crippen LogP contribution in [0.25, 0.3) is 11.3 Å². The van der Waals surface area contributed by atoms with Crippen LogP contribution in [-0.4, -0.2) is 58.4 Å². The molecule has 32 heavy (non-hydrogen) atoms. The molecule has 2 N–H and O–H groups in total. The number of nitrogens with zero attached hydrogens (tertiary/aromatic N) is 4. The van der Waals surface area contributed by atoms with Gasteiger partial charge in [0.05, 0.1) is 18.9 Å². The molecule has 0 amide bonds. The lowest BCUT2D eigenvalue weighted by molar-refractivity contribution is -0.274. The fraction of sp³-hybridized carbons (Fsp3) is 0.636. The van der Waals surface area contributed by atoms with Crippen molar-refractivity contribution >= 4 is 5.82 Å². The van der Waals surface area contributed by atoms with Gasteiger partial charge in [-0.1, -0.05) is 0 Å². The highest BCUT2D eigenvalue weighted by Gasteiger charge is 2.35. The Morgan fingerprint density at radius 3 is 2.62 bits per heavy atom. The fourth-order valence-corrected chi connectivity index (χ4v) is 4.89. The minimum absolute atomic E-state index is 0.298. The van der Waals surface area contributed by atoms with Crippen molar-refractivity contribution in [1.29, 1.82) is 0 Å². The number of hydrogen-bond donors (Lipinski definition) is 1. The zero-order chi connectivity index (χ0) is 22.3. The molecule has 3 aliphatic rings. The number of nitrogen functional groups attached to an aromatic ring is 1. The average molecular weight is 451 g/mol. The molecule has 0 bridgehead atoms. The molecule has 7 nitrogen and oxygen atoms in total. The van der Waals surface area contributed by atoms with Gasteiger partial charge >= 0.3 is 6.36 Å². The normalized spacial score (nSPS) is 24.7. The molecule has 2 aromatic rings. The Labute approximate surface area is 184 Å². The Hall–Kier alpha value is -2.33.